The molecule has 2 saturated carbocycles. The Balaban J connectivity index is 2.34. The molecule has 2 fully saturated rings. The zero-order chi connectivity index (χ0) is 12.7. The van der Waals surface area contributed by atoms with Gasteiger partial charge in [-0.3, -0.25) is 0 Å². The van der Waals surface area contributed by atoms with Crippen LogP contribution in [0.2, 0.25) is 0 Å². The van der Waals surface area contributed by atoms with Crippen molar-refractivity contribution in [2.75, 3.05) is 6.54 Å². The van der Waals surface area contributed by atoms with Gasteiger partial charge < -0.3 is 10.8 Å². The third kappa shape index (κ3) is 1.84. The number of aliphatic hydroxyl groups is 1. The van der Waals surface area contributed by atoms with E-state index >= 15 is 0 Å². The third-order valence-corrected chi connectivity index (χ3v) is 5.83. The van der Waals surface area contributed by atoms with Crippen LogP contribution in [0.4, 0.5) is 0 Å². The fourth-order valence-corrected chi connectivity index (χ4v) is 4.60. The van der Waals surface area contributed by atoms with Crippen molar-refractivity contribution in [3.05, 3.63) is 0 Å². The highest BCUT2D eigenvalue weighted by Crippen LogP contribution is 2.59. The molecule has 0 bridgehead atoms. The van der Waals surface area contributed by atoms with Crippen molar-refractivity contribution in [3.8, 4) is 0 Å². The predicted octanol–water partition coefficient (Wildman–Crippen LogP) is 3.08. The van der Waals surface area contributed by atoms with E-state index in [1.807, 2.05) is 0 Å². The Kier molecular flexibility index (Phi) is 3.33. The Morgan fingerprint density at radius 3 is 2.29 bits per heavy atom. The summed E-state index contributed by atoms with van der Waals surface area (Å²) in [6, 6.07) is 0. The third-order valence-electron chi connectivity index (χ3n) is 5.83. The molecule has 0 aliphatic heterocycles. The van der Waals surface area contributed by atoms with E-state index in [4.69, 9.17) is 5.73 Å². The van der Waals surface area contributed by atoms with Crippen molar-refractivity contribution in [3.63, 3.8) is 0 Å². The first kappa shape index (κ1) is 13.4. The molecule has 3 unspecified atom stereocenters. The molecule has 0 radical (unpaired) electrons. The van der Waals surface area contributed by atoms with Gasteiger partial charge in [0.15, 0.2) is 0 Å². The molecule has 100 valence electrons. The topological polar surface area (TPSA) is 46.2 Å². The Hall–Kier alpha value is -0.0800. The van der Waals surface area contributed by atoms with Crippen LogP contribution < -0.4 is 5.73 Å². The maximum absolute atomic E-state index is 11.4. The van der Waals surface area contributed by atoms with Crippen molar-refractivity contribution in [2.45, 2.75) is 71.3 Å². The van der Waals surface area contributed by atoms with Crippen LogP contribution in [0.3, 0.4) is 0 Å². The summed E-state index contributed by atoms with van der Waals surface area (Å²) in [6.45, 7) is 7.44. The fraction of sp³-hybridized carbons (Fsp3) is 1.00. The maximum Gasteiger partial charge on any atom is 0.0766 e. The minimum absolute atomic E-state index is 0.0175. The van der Waals surface area contributed by atoms with Crippen molar-refractivity contribution in [1.82, 2.24) is 0 Å². The lowest BCUT2D eigenvalue weighted by Gasteiger charge is -2.56. The Bertz CT molecular complexity index is 289. The summed E-state index contributed by atoms with van der Waals surface area (Å²) in [5.74, 6) is 0.723. The predicted molar refractivity (Wildman–Crippen MR) is 71.7 cm³/mol. The normalized spacial score (nSPS) is 46.1. The summed E-state index contributed by atoms with van der Waals surface area (Å²) >= 11 is 0. The molecule has 0 aromatic heterocycles. The zero-order valence-electron chi connectivity index (χ0n) is 11.8. The molecule has 2 aliphatic rings. The molecule has 0 spiro atoms. The molecular weight excluding hydrogens is 210 g/mol. The fourth-order valence-electron chi connectivity index (χ4n) is 4.60. The minimum Gasteiger partial charge on any atom is -0.389 e. The largest absolute Gasteiger partial charge is 0.389 e. The first-order chi connectivity index (χ1) is 7.87. The first-order valence-electron chi connectivity index (χ1n) is 7.29. The van der Waals surface area contributed by atoms with E-state index in [1.54, 1.807) is 0 Å². The van der Waals surface area contributed by atoms with E-state index in [1.165, 1.54) is 12.8 Å². The van der Waals surface area contributed by atoms with Crippen LogP contribution in [-0.2, 0) is 0 Å². The summed E-state index contributed by atoms with van der Waals surface area (Å²) in [5.41, 5.74) is 5.57. The highest BCUT2D eigenvalue weighted by Gasteiger charge is 2.59. The maximum atomic E-state index is 11.4. The second kappa shape index (κ2) is 4.24. The molecule has 0 aromatic rings. The number of nitrogens with two attached hydrogens (primary N) is 1. The monoisotopic (exact) mass is 239 g/mol. The van der Waals surface area contributed by atoms with E-state index < -0.39 is 5.60 Å². The molecule has 2 nitrogen and oxygen atoms in total. The van der Waals surface area contributed by atoms with Crippen molar-refractivity contribution >= 4 is 0 Å². The van der Waals surface area contributed by atoms with E-state index in [9.17, 15) is 5.11 Å². The Morgan fingerprint density at radius 2 is 1.82 bits per heavy atom. The van der Waals surface area contributed by atoms with Crippen LogP contribution in [0.1, 0.15) is 65.7 Å². The van der Waals surface area contributed by atoms with E-state index in [2.05, 4.69) is 20.8 Å². The van der Waals surface area contributed by atoms with Crippen LogP contribution in [0.25, 0.3) is 0 Å². The number of hydrogen-bond donors (Lipinski definition) is 2. The molecule has 3 N–H and O–H groups in total. The van der Waals surface area contributed by atoms with Gasteiger partial charge in [0.1, 0.15) is 0 Å². The van der Waals surface area contributed by atoms with Gasteiger partial charge in [0.2, 0.25) is 0 Å². The summed E-state index contributed by atoms with van der Waals surface area (Å²) in [6.07, 6.45) is 7.97. The molecule has 0 heterocycles. The first-order valence-corrected chi connectivity index (χ1v) is 7.29. The molecule has 2 rings (SSSR count). The molecule has 3 atom stereocenters. The number of rotatable bonds is 2. The number of hydrogen-bond acceptors (Lipinski definition) is 2. The van der Waals surface area contributed by atoms with Crippen LogP contribution in [0, 0.1) is 16.7 Å². The minimum atomic E-state index is -0.544. The molecular formula is C15H29NO. The van der Waals surface area contributed by atoms with Gasteiger partial charge in [0.25, 0.3) is 0 Å². The molecule has 2 heteroatoms. The lowest BCUT2D eigenvalue weighted by Crippen LogP contribution is -2.61. The van der Waals surface area contributed by atoms with Gasteiger partial charge >= 0.3 is 0 Å². The van der Waals surface area contributed by atoms with Crippen molar-refractivity contribution < 1.29 is 5.11 Å². The quantitative estimate of drug-likeness (QED) is 0.778. The van der Waals surface area contributed by atoms with Crippen LogP contribution in [-0.4, -0.2) is 17.3 Å². The van der Waals surface area contributed by atoms with E-state index in [0.717, 1.165) is 38.0 Å². The molecule has 0 saturated heterocycles. The summed E-state index contributed by atoms with van der Waals surface area (Å²) in [4.78, 5) is 0. The van der Waals surface area contributed by atoms with Gasteiger partial charge in [0, 0.05) is 12.0 Å². The van der Waals surface area contributed by atoms with Gasteiger partial charge in [0.05, 0.1) is 5.60 Å². The highest BCUT2D eigenvalue weighted by atomic mass is 16.3. The smallest absolute Gasteiger partial charge is 0.0766 e. The zero-order valence-corrected chi connectivity index (χ0v) is 11.8. The van der Waals surface area contributed by atoms with Gasteiger partial charge in [-0.15, -0.1) is 0 Å². The van der Waals surface area contributed by atoms with Crippen LogP contribution in [0.15, 0.2) is 0 Å². The van der Waals surface area contributed by atoms with Gasteiger partial charge in [-0.25, -0.2) is 0 Å². The average Bonchev–Trinajstić information content (AvgIpc) is 2.66. The molecule has 17 heavy (non-hydrogen) atoms. The van der Waals surface area contributed by atoms with Crippen LogP contribution in [0.5, 0.6) is 0 Å². The Labute approximate surface area is 106 Å². The molecule has 0 amide bonds. The average molecular weight is 239 g/mol. The standard InChI is InChI=1S/C15H29NO/c1-12-6-9-14(10-12,11-16)15(17)8-5-4-7-13(15,2)3/h12,17H,4-11,16H2,1-3H3. The van der Waals surface area contributed by atoms with Crippen LogP contribution >= 0.6 is 0 Å². The Morgan fingerprint density at radius 1 is 1.18 bits per heavy atom. The van der Waals surface area contributed by atoms with Crippen molar-refractivity contribution in [1.29, 1.82) is 0 Å². The molecule has 0 aromatic carbocycles. The SMILES string of the molecule is CC1CCC(CN)(C2(O)CCCCC2(C)C)C1. The van der Waals surface area contributed by atoms with E-state index in [0.29, 0.717) is 6.54 Å². The lowest BCUT2D eigenvalue weighted by atomic mass is 9.53. The summed E-state index contributed by atoms with van der Waals surface area (Å²) < 4.78 is 0. The second-order valence-corrected chi connectivity index (χ2v) is 7.28. The highest BCUT2D eigenvalue weighted by molar-refractivity contribution is 5.11. The van der Waals surface area contributed by atoms with Crippen molar-refractivity contribution in [2.24, 2.45) is 22.5 Å². The van der Waals surface area contributed by atoms with Gasteiger partial charge in [-0.1, -0.05) is 40.0 Å². The summed E-state index contributed by atoms with van der Waals surface area (Å²) in [7, 11) is 0. The van der Waals surface area contributed by atoms with Gasteiger partial charge in [-0.05, 0) is 37.0 Å². The lowest BCUT2D eigenvalue weighted by molar-refractivity contribution is -0.180. The summed E-state index contributed by atoms with van der Waals surface area (Å²) in [5, 5.41) is 11.4. The second-order valence-electron chi connectivity index (χ2n) is 7.28. The molecule has 2 aliphatic carbocycles. The van der Waals surface area contributed by atoms with Gasteiger partial charge in [-0.2, -0.15) is 0 Å². The van der Waals surface area contributed by atoms with E-state index in [-0.39, 0.29) is 10.8 Å².